The molecule has 0 aromatic heterocycles. The minimum absolute atomic E-state index is 0.135. The SMILES string of the molecule is CC1CN(S(=O)(=O)c2ccc(NC(=O)COc3ccc(C(C)C)cc3)cc2)c2ccccc2O1. The number of para-hydroxylation sites is 2. The Morgan fingerprint density at radius 3 is 2.41 bits per heavy atom. The van der Waals surface area contributed by atoms with Crippen LogP contribution in [0.2, 0.25) is 0 Å². The fourth-order valence-electron chi connectivity index (χ4n) is 3.71. The third-order valence-electron chi connectivity index (χ3n) is 5.53. The first kappa shape index (κ1) is 23.6. The number of sulfonamides is 1. The minimum Gasteiger partial charge on any atom is -0.487 e. The van der Waals surface area contributed by atoms with Crippen molar-refractivity contribution in [1.82, 2.24) is 0 Å². The predicted octanol–water partition coefficient (Wildman–Crippen LogP) is 4.80. The van der Waals surface area contributed by atoms with E-state index in [-0.39, 0.29) is 30.1 Å². The number of carbonyl (C=O) groups excluding carboxylic acids is 1. The van der Waals surface area contributed by atoms with Crippen molar-refractivity contribution in [3.05, 3.63) is 78.4 Å². The summed E-state index contributed by atoms with van der Waals surface area (Å²) in [7, 11) is -3.79. The molecular weight excluding hydrogens is 452 g/mol. The average molecular weight is 481 g/mol. The van der Waals surface area contributed by atoms with Gasteiger partial charge in [-0.3, -0.25) is 9.10 Å². The summed E-state index contributed by atoms with van der Waals surface area (Å²) in [6.07, 6.45) is -0.273. The lowest BCUT2D eigenvalue weighted by atomic mass is 10.0. The van der Waals surface area contributed by atoms with Gasteiger partial charge in [0.05, 0.1) is 17.1 Å². The lowest BCUT2D eigenvalue weighted by Gasteiger charge is -2.34. The molecular formula is C26H28N2O5S. The van der Waals surface area contributed by atoms with Gasteiger partial charge in [-0.1, -0.05) is 38.1 Å². The van der Waals surface area contributed by atoms with E-state index >= 15 is 0 Å². The molecule has 0 fully saturated rings. The number of hydrogen-bond acceptors (Lipinski definition) is 5. The number of benzene rings is 3. The largest absolute Gasteiger partial charge is 0.487 e. The van der Waals surface area contributed by atoms with Crippen LogP contribution in [0.3, 0.4) is 0 Å². The van der Waals surface area contributed by atoms with Crippen LogP contribution in [0.5, 0.6) is 11.5 Å². The highest BCUT2D eigenvalue weighted by Crippen LogP contribution is 2.36. The van der Waals surface area contributed by atoms with Gasteiger partial charge in [0.2, 0.25) is 0 Å². The van der Waals surface area contributed by atoms with Gasteiger partial charge in [0, 0.05) is 5.69 Å². The minimum atomic E-state index is -3.79. The standard InChI is InChI=1S/C26H28N2O5S/c1-18(2)20-8-12-22(13-9-20)32-17-26(29)27-21-10-14-23(15-11-21)34(30,31)28-16-19(3)33-25-7-5-4-6-24(25)28/h4-15,18-19H,16-17H2,1-3H3,(H,27,29). The molecule has 8 heteroatoms. The summed E-state index contributed by atoms with van der Waals surface area (Å²) in [5.74, 6) is 1.23. The second kappa shape index (κ2) is 9.77. The van der Waals surface area contributed by atoms with Crippen molar-refractivity contribution in [3.8, 4) is 11.5 Å². The molecule has 1 heterocycles. The van der Waals surface area contributed by atoms with E-state index in [0.29, 0.717) is 28.8 Å². The van der Waals surface area contributed by atoms with Crippen LogP contribution >= 0.6 is 0 Å². The summed E-state index contributed by atoms with van der Waals surface area (Å²) in [6.45, 7) is 6.12. The Labute approximate surface area is 200 Å². The van der Waals surface area contributed by atoms with Crippen LogP contribution in [0.4, 0.5) is 11.4 Å². The van der Waals surface area contributed by atoms with E-state index in [1.807, 2.05) is 37.3 Å². The predicted molar refractivity (Wildman–Crippen MR) is 132 cm³/mol. The quantitative estimate of drug-likeness (QED) is 0.525. The molecule has 0 spiro atoms. The molecule has 1 aliphatic heterocycles. The molecule has 3 aromatic rings. The highest BCUT2D eigenvalue weighted by Gasteiger charge is 2.32. The van der Waals surface area contributed by atoms with Gasteiger partial charge in [0.1, 0.15) is 17.6 Å². The maximum absolute atomic E-state index is 13.3. The molecule has 1 aliphatic rings. The molecule has 178 valence electrons. The summed E-state index contributed by atoms with van der Waals surface area (Å²) in [5, 5.41) is 2.73. The molecule has 1 N–H and O–H groups in total. The second-order valence-corrected chi connectivity index (χ2v) is 10.4. The molecule has 0 saturated carbocycles. The molecule has 1 amide bonds. The van der Waals surface area contributed by atoms with Crippen LogP contribution in [0, 0.1) is 0 Å². The first-order valence-electron chi connectivity index (χ1n) is 11.1. The monoisotopic (exact) mass is 480 g/mol. The maximum Gasteiger partial charge on any atom is 0.264 e. The Balaban J connectivity index is 1.40. The molecule has 1 unspecified atom stereocenters. The van der Waals surface area contributed by atoms with Crippen LogP contribution < -0.4 is 19.1 Å². The third kappa shape index (κ3) is 5.17. The van der Waals surface area contributed by atoms with Gasteiger partial charge in [0.25, 0.3) is 15.9 Å². The Bertz CT molecular complexity index is 1260. The van der Waals surface area contributed by atoms with E-state index in [4.69, 9.17) is 9.47 Å². The highest BCUT2D eigenvalue weighted by atomic mass is 32.2. The fraction of sp³-hybridized carbons (Fsp3) is 0.269. The number of carbonyl (C=O) groups is 1. The molecule has 3 aromatic carbocycles. The topological polar surface area (TPSA) is 84.9 Å². The van der Waals surface area contributed by atoms with Crippen molar-refractivity contribution in [2.24, 2.45) is 0 Å². The zero-order chi connectivity index (χ0) is 24.3. The molecule has 0 saturated heterocycles. The van der Waals surface area contributed by atoms with Gasteiger partial charge < -0.3 is 14.8 Å². The Kier molecular flexibility index (Phi) is 6.79. The van der Waals surface area contributed by atoms with Gasteiger partial charge >= 0.3 is 0 Å². The zero-order valence-corrected chi connectivity index (χ0v) is 20.2. The van der Waals surface area contributed by atoms with Crippen molar-refractivity contribution in [2.75, 3.05) is 22.8 Å². The number of ether oxygens (including phenoxy) is 2. The van der Waals surface area contributed by atoms with Crippen LogP contribution in [-0.2, 0) is 14.8 Å². The van der Waals surface area contributed by atoms with Crippen LogP contribution in [0.15, 0.2) is 77.7 Å². The summed E-state index contributed by atoms with van der Waals surface area (Å²) in [5.41, 5.74) is 2.19. The summed E-state index contributed by atoms with van der Waals surface area (Å²) in [4.78, 5) is 12.4. The first-order valence-corrected chi connectivity index (χ1v) is 12.6. The average Bonchev–Trinajstić information content (AvgIpc) is 2.82. The number of nitrogens with zero attached hydrogens (tertiary/aromatic N) is 1. The molecule has 0 radical (unpaired) electrons. The number of amides is 1. The van der Waals surface area contributed by atoms with E-state index in [2.05, 4.69) is 19.2 Å². The number of hydrogen-bond donors (Lipinski definition) is 1. The van der Waals surface area contributed by atoms with E-state index in [1.165, 1.54) is 22.0 Å². The number of nitrogens with one attached hydrogen (secondary N) is 1. The van der Waals surface area contributed by atoms with Crippen LogP contribution in [0.25, 0.3) is 0 Å². The Morgan fingerprint density at radius 1 is 1.06 bits per heavy atom. The summed E-state index contributed by atoms with van der Waals surface area (Å²) in [6, 6.07) is 20.8. The Morgan fingerprint density at radius 2 is 1.74 bits per heavy atom. The number of fused-ring (bicyclic) bond motifs is 1. The molecule has 0 bridgehead atoms. The van der Waals surface area contributed by atoms with Gasteiger partial charge in [-0.25, -0.2) is 8.42 Å². The number of anilines is 2. The normalized spacial score (nSPS) is 15.4. The Hall–Kier alpha value is -3.52. The lowest BCUT2D eigenvalue weighted by Crippen LogP contribution is -2.42. The van der Waals surface area contributed by atoms with Crippen LogP contribution in [0.1, 0.15) is 32.3 Å². The first-order chi connectivity index (χ1) is 16.2. The van der Waals surface area contributed by atoms with E-state index in [0.717, 1.165) is 0 Å². The van der Waals surface area contributed by atoms with Crippen LogP contribution in [-0.4, -0.2) is 33.6 Å². The smallest absolute Gasteiger partial charge is 0.264 e. The van der Waals surface area contributed by atoms with Gasteiger partial charge in [-0.15, -0.1) is 0 Å². The molecule has 7 nitrogen and oxygen atoms in total. The lowest BCUT2D eigenvalue weighted by molar-refractivity contribution is -0.118. The molecule has 34 heavy (non-hydrogen) atoms. The summed E-state index contributed by atoms with van der Waals surface area (Å²) < 4.78 is 39.3. The van der Waals surface area contributed by atoms with E-state index in [9.17, 15) is 13.2 Å². The zero-order valence-electron chi connectivity index (χ0n) is 19.4. The van der Waals surface area contributed by atoms with Gasteiger partial charge in [-0.2, -0.15) is 0 Å². The maximum atomic E-state index is 13.3. The fourth-order valence-corrected chi connectivity index (χ4v) is 5.26. The summed E-state index contributed by atoms with van der Waals surface area (Å²) >= 11 is 0. The van der Waals surface area contributed by atoms with Crippen molar-refractivity contribution in [1.29, 1.82) is 0 Å². The molecule has 4 rings (SSSR count). The third-order valence-corrected chi connectivity index (χ3v) is 7.32. The van der Waals surface area contributed by atoms with Crippen molar-refractivity contribution in [3.63, 3.8) is 0 Å². The van der Waals surface area contributed by atoms with E-state index < -0.39 is 10.0 Å². The molecule has 0 aliphatic carbocycles. The van der Waals surface area contributed by atoms with Crippen molar-refractivity contribution >= 4 is 27.3 Å². The van der Waals surface area contributed by atoms with Gasteiger partial charge in [0.15, 0.2) is 6.61 Å². The van der Waals surface area contributed by atoms with Crippen molar-refractivity contribution < 1.29 is 22.7 Å². The van der Waals surface area contributed by atoms with E-state index in [1.54, 1.807) is 30.3 Å². The second-order valence-electron chi connectivity index (χ2n) is 8.52. The molecule has 1 atom stereocenters. The number of rotatable bonds is 7. The highest BCUT2D eigenvalue weighted by molar-refractivity contribution is 7.92. The van der Waals surface area contributed by atoms with Gasteiger partial charge in [-0.05, 0) is 66.9 Å². The van der Waals surface area contributed by atoms with Crippen molar-refractivity contribution in [2.45, 2.75) is 37.7 Å².